The van der Waals surface area contributed by atoms with Gasteiger partial charge >= 0.3 is 0 Å². The first-order chi connectivity index (χ1) is 8.78. The van der Waals surface area contributed by atoms with E-state index in [0.717, 1.165) is 17.9 Å². The van der Waals surface area contributed by atoms with Crippen molar-refractivity contribution in [3.8, 4) is 0 Å². The standard InChI is InChI=1S/C16H32N2/c1-3-18(13-16-6-4-5-11-17-16)12-15-9-7-14(2)8-10-15/h14-17H,3-13H2,1-2H3. The molecule has 0 spiro atoms. The fraction of sp³-hybridized carbons (Fsp3) is 1.00. The molecule has 1 atom stereocenters. The van der Waals surface area contributed by atoms with Crippen LogP contribution in [0.5, 0.6) is 0 Å². The number of rotatable bonds is 5. The summed E-state index contributed by atoms with van der Waals surface area (Å²) in [5.41, 5.74) is 0. The number of nitrogens with one attached hydrogen (secondary N) is 1. The molecule has 1 heterocycles. The van der Waals surface area contributed by atoms with E-state index < -0.39 is 0 Å². The summed E-state index contributed by atoms with van der Waals surface area (Å²) < 4.78 is 0. The second-order valence-electron chi connectivity index (χ2n) is 6.62. The summed E-state index contributed by atoms with van der Waals surface area (Å²) in [5.74, 6) is 1.96. The Morgan fingerprint density at radius 1 is 1.00 bits per heavy atom. The van der Waals surface area contributed by atoms with E-state index in [1.54, 1.807) is 0 Å². The number of hydrogen-bond donors (Lipinski definition) is 1. The Labute approximate surface area is 114 Å². The van der Waals surface area contributed by atoms with Crippen LogP contribution in [-0.4, -0.2) is 37.1 Å². The van der Waals surface area contributed by atoms with Crippen molar-refractivity contribution in [2.75, 3.05) is 26.2 Å². The first-order valence-corrected chi connectivity index (χ1v) is 8.23. The van der Waals surface area contributed by atoms with Gasteiger partial charge in [-0.3, -0.25) is 0 Å². The van der Waals surface area contributed by atoms with Gasteiger partial charge in [0.25, 0.3) is 0 Å². The second kappa shape index (κ2) is 7.49. The highest BCUT2D eigenvalue weighted by Gasteiger charge is 2.22. The highest BCUT2D eigenvalue weighted by molar-refractivity contribution is 4.78. The smallest absolute Gasteiger partial charge is 0.0195 e. The molecule has 1 saturated carbocycles. The van der Waals surface area contributed by atoms with Crippen LogP contribution in [0, 0.1) is 11.8 Å². The van der Waals surface area contributed by atoms with Gasteiger partial charge in [-0.05, 0) is 50.6 Å². The SMILES string of the molecule is CCN(CC1CCC(C)CC1)CC1CCCCN1. The van der Waals surface area contributed by atoms with Gasteiger partial charge in [0.1, 0.15) is 0 Å². The molecule has 2 rings (SSSR count). The zero-order valence-electron chi connectivity index (χ0n) is 12.5. The molecule has 1 aliphatic heterocycles. The maximum atomic E-state index is 3.69. The Bertz CT molecular complexity index is 215. The fourth-order valence-corrected chi connectivity index (χ4v) is 3.60. The predicted molar refractivity (Wildman–Crippen MR) is 78.9 cm³/mol. The van der Waals surface area contributed by atoms with Gasteiger partial charge in [0.05, 0.1) is 0 Å². The van der Waals surface area contributed by atoms with E-state index >= 15 is 0 Å². The van der Waals surface area contributed by atoms with E-state index in [0.29, 0.717) is 0 Å². The summed E-state index contributed by atoms with van der Waals surface area (Å²) in [6.45, 7) is 9.84. The van der Waals surface area contributed by atoms with E-state index in [-0.39, 0.29) is 0 Å². The van der Waals surface area contributed by atoms with E-state index in [2.05, 4.69) is 24.1 Å². The molecule has 0 bridgehead atoms. The summed E-state index contributed by atoms with van der Waals surface area (Å²) in [6.07, 6.45) is 10.1. The van der Waals surface area contributed by atoms with Gasteiger partial charge < -0.3 is 10.2 Å². The van der Waals surface area contributed by atoms with E-state index in [4.69, 9.17) is 0 Å². The lowest BCUT2D eigenvalue weighted by Gasteiger charge is -2.34. The maximum absolute atomic E-state index is 3.69. The van der Waals surface area contributed by atoms with Gasteiger partial charge in [-0.1, -0.05) is 33.1 Å². The highest BCUT2D eigenvalue weighted by Crippen LogP contribution is 2.28. The molecule has 0 amide bonds. The zero-order valence-corrected chi connectivity index (χ0v) is 12.5. The van der Waals surface area contributed by atoms with Gasteiger partial charge in [-0.2, -0.15) is 0 Å². The molecule has 0 aromatic carbocycles. The summed E-state index contributed by atoms with van der Waals surface area (Å²) in [6, 6.07) is 0.765. The van der Waals surface area contributed by atoms with Crippen molar-refractivity contribution in [2.45, 2.75) is 64.8 Å². The summed E-state index contributed by atoms with van der Waals surface area (Å²) in [7, 11) is 0. The maximum Gasteiger partial charge on any atom is 0.0195 e. The molecule has 1 saturated heterocycles. The minimum atomic E-state index is 0.765. The number of likely N-dealkylation sites (N-methyl/N-ethyl adjacent to an activating group) is 1. The van der Waals surface area contributed by atoms with Crippen LogP contribution in [0.4, 0.5) is 0 Å². The summed E-state index contributed by atoms with van der Waals surface area (Å²) >= 11 is 0. The van der Waals surface area contributed by atoms with Crippen LogP contribution >= 0.6 is 0 Å². The monoisotopic (exact) mass is 252 g/mol. The molecular formula is C16H32N2. The quantitative estimate of drug-likeness (QED) is 0.808. The van der Waals surface area contributed by atoms with Crippen LogP contribution in [0.1, 0.15) is 58.8 Å². The third-order valence-electron chi connectivity index (χ3n) is 4.99. The molecular weight excluding hydrogens is 220 g/mol. The van der Waals surface area contributed by atoms with E-state index in [1.807, 2.05) is 0 Å². The van der Waals surface area contributed by atoms with Crippen molar-refractivity contribution in [1.82, 2.24) is 10.2 Å². The molecule has 106 valence electrons. The molecule has 0 aromatic heterocycles. The second-order valence-corrected chi connectivity index (χ2v) is 6.62. The molecule has 2 aliphatic rings. The molecule has 1 unspecified atom stereocenters. The molecule has 2 heteroatoms. The van der Waals surface area contributed by atoms with Crippen LogP contribution in [-0.2, 0) is 0 Å². The lowest BCUT2D eigenvalue weighted by atomic mass is 9.83. The molecule has 1 aliphatic carbocycles. The summed E-state index contributed by atoms with van der Waals surface area (Å²) in [5, 5.41) is 3.69. The normalized spacial score (nSPS) is 33.8. The molecule has 18 heavy (non-hydrogen) atoms. The first-order valence-electron chi connectivity index (χ1n) is 8.23. The average Bonchev–Trinajstić information content (AvgIpc) is 2.41. The lowest BCUT2D eigenvalue weighted by molar-refractivity contribution is 0.169. The number of hydrogen-bond acceptors (Lipinski definition) is 2. The van der Waals surface area contributed by atoms with Crippen LogP contribution in [0.3, 0.4) is 0 Å². The van der Waals surface area contributed by atoms with Crippen molar-refractivity contribution in [1.29, 1.82) is 0 Å². The Hall–Kier alpha value is -0.0800. The lowest BCUT2D eigenvalue weighted by Crippen LogP contribution is -2.45. The van der Waals surface area contributed by atoms with Gasteiger partial charge in [0, 0.05) is 19.1 Å². The number of nitrogens with zero attached hydrogens (tertiary/aromatic N) is 1. The fourth-order valence-electron chi connectivity index (χ4n) is 3.60. The van der Waals surface area contributed by atoms with Gasteiger partial charge in [0.15, 0.2) is 0 Å². The van der Waals surface area contributed by atoms with Gasteiger partial charge in [-0.25, -0.2) is 0 Å². The van der Waals surface area contributed by atoms with Crippen molar-refractivity contribution in [2.24, 2.45) is 11.8 Å². The number of piperidine rings is 1. The van der Waals surface area contributed by atoms with E-state index in [9.17, 15) is 0 Å². The zero-order chi connectivity index (χ0) is 12.8. The van der Waals surface area contributed by atoms with Crippen molar-refractivity contribution in [3.63, 3.8) is 0 Å². The Morgan fingerprint density at radius 2 is 1.78 bits per heavy atom. The average molecular weight is 252 g/mol. The minimum Gasteiger partial charge on any atom is -0.313 e. The molecule has 0 aromatic rings. The van der Waals surface area contributed by atoms with Crippen LogP contribution in [0.2, 0.25) is 0 Å². The minimum absolute atomic E-state index is 0.765. The van der Waals surface area contributed by atoms with Crippen molar-refractivity contribution in [3.05, 3.63) is 0 Å². The van der Waals surface area contributed by atoms with Crippen LogP contribution in [0.15, 0.2) is 0 Å². The van der Waals surface area contributed by atoms with E-state index in [1.165, 1.54) is 71.1 Å². The summed E-state index contributed by atoms with van der Waals surface area (Å²) in [4.78, 5) is 2.70. The van der Waals surface area contributed by atoms with Gasteiger partial charge in [0.2, 0.25) is 0 Å². The molecule has 0 radical (unpaired) electrons. The third kappa shape index (κ3) is 4.55. The largest absolute Gasteiger partial charge is 0.313 e. The molecule has 2 fully saturated rings. The van der Waals surface area contributed by atoms with Crippen molar-refractivity contribution >= 4 is 0 Å². The van der Waals surface area contributed by atoms with Crippen LogP contribution in [0.25, 0.3) is 0 Å². The highest BCUT2D eigenvalue weighted by atomic mass is 15.1. The molecule has 2 nitrogen and oxygen atoms in total. The van der Waals surface area contributed by atoms with Crippen LogP contribution < -0.4 is 5.32 Å². The Morgan fingerprint density at radius 3 is 2.39 bits per heavy atom. The molecule has 1 N–H and O–H groups in total. The predicted octanol–water partition coefficient (Wildman–Crippen LogP) is 3.28. The van der Waals surface area contributed by atoms with Gasteiger partial charge in [-0.15, -0.1) is 0 Å². The topological polar surface area (TPSA) is 15.3 Å². The van der Waals surface area contributed by atoms with Crippen molar-refractivity contribution < 1.29 is 0 Å². The third-order valence-corrected chi connectivity index (χ3v) is 4.99. The Balaban J connectivity index is 1.70. The Kier molecular flexibility index (Phi) is 5.97. The first kappa shape index (κ1) is 14.3.